The van der Waals surface area contributed by atoms with Crippen molar-refractivity contribution in [2.75, 3.05) is 40.1 Å². The molecule has 4 rings (SSSR count). The van der Waals surface area contributed by atoms with Crippen molar-refractivity contribution in [1.82, 2.24) is 5.32 Å². The van der Waals surface area contributed by atoms with Crippen molar-refractivity contribution in [3.8, 4) is 5.75 Å². The number of ether oxygens (including phenoxy) is 3. The van der Waals surface area contributed by atoms with E-state index in [1.165, 1.54) is 4.90 Å². The normalized spacial score (nSPS) is 20.0. The molecule has 1 N–H and O–H groups in total. The van der Waals surface area contributed by atoms with Crippen LogP contribution < -0.4 is 10.1 Å². The van der Waals surface area contributed by atoms with E-state index < -0.39 is 5.41 Å². The fourth-order valence-corrected chi connectivity index (χ4v) is 5.89. The summed E-state index contributed by atoms with van der Waals surface area (Å²) in [4.78, 5) is 15.0. The fourth-order valence-electron chi connectivity index (χ4n) is 4.59. The van der Waals surface area contributed by atoms with E-state index >= 15 is 0 Å². The first-order valence-electron chi connectivity index (χ1n) is 11.0. The van der Waals surface area contributed by atoms with Gasteiger partial charge in [0, 0.05) is 48.2 Å². The first kappa shape index (κ1) is 22.2. The molecule has 2 aliphatic heterocycles. The molecule has 31 heavy (non-hydrogen) atoms. The highest BCUT2D eigenvalue weighted by molar-refractivity contribution is 8.00. The minimum absolute atomic E-state index is 0.0671. The predicted octanol–water partition coefficient (Wildman–Crippen LogP) is 4.20. The molecule has 0 radical (unpaired) electrons. The Labute approximate surface area is 188 Å². The van der Waals surface area contributed by atoms with Gasteiger partial charge in [-0.1, -0.05) is 36.4 Å². The topological polar surface area (TPSA) is 56.8 Å². The van der Waals surface area contributed by atoms with E-state index in [2.05, 4.69) is 29.6 Å². The van der Waals surface area contributed by atoms with Crippen molar-refractivity contribution >= 4 is 17.7 Å². The Kier molecular flexibility index (Phi) is 7.20. The SMILES string of the molecule is COc1ccccc1C1(C(=O)NCC2(Sc3ccccc3)CCOCC2)CCOCC1. The monoisotopic (exact) mass is 441 g/mol. The quantitative estimate of drug-likeness (QED) is 0.698. The van der Waals surface area contributed by atoms with Crippen LogP contribution in [0, 0.1) is 0 Å². The first-order valence-corrected chi connectivity index (χ1v) is 11.8. The molecule has 0 aliphatic carbocycles. The molecule has 2 aliphatic rings. The second kappa shape index (κ2) is 10.1. The van der Waals surface area contributed by atoms with Crippen molar-refractivity contribution in [2.24, 2.45) is 0 Å². The van der Waals surface area contributed by atoms with Gasteiger partial charge in [-0.25, -0.2) is 0 Å². The second-order valence-corrected chi connectivity index (χ2v) is 9.83. The lowest BCUT2D eigenvalue weighted by molar-refractivity contribution is -0.130. The minimum atomic E-state index is -0.630. The number of carbonyl (C=O) groups excluding carboxylic acids is 1. The molecule has 2 fully saturated rings. The van der Waals surface area contributed by atoms with Crippen LogP contribution in [0.4, 0.5) is 0 Å². The Morgan fingerprint density at radius 3 is 2.23 bits per heavy atom. The fraction of sp³-hybridized carbons (Fsp3) is 0.480. The summed E-state index contributed by atoms with van der Waals surface area (Å²) in [6.07, 6.45) is 3.14. The van der Waals surface area contributed by atoms with Crippen LogP contribution >= 0.6 is 11.8 Å². The maximum absolute atomic E-state index is 13.8. The molecule has 0 spiro atoms. The van der Waals surface area contributed by atoms with E-state index in [9.17, 15) is 4.79 Å². The van der Waals surface area contributed by atoms with E-state index in [-0.39, 0.29) is 10.7 Å². The zero-order chi connectivity index (χ0) is 21.6. The van der Waals surface area contributed by atoms with Crippen LogP contribution in [0.1, 0.15) is 31.2 Å². The largest absolute Gasteiger partial charge is 0.496 e. The Morgan fingerprint density at radius 2 is 1.55 bits per heavy atom. The van der Waals surface area contributed by atoms with Crippen LogP contribution in [0.3, 0.4) is 0 Å². The molecule has 0 unspecified atom stereocenters. The molecule has 0 atom stereocenters. The Balaban J connectivity index is 1.56. The van der Waals surface area contributed by atoms with Gasteiger partial charge >= 0.3 is 0 Å². The number of benzene rings is 2. The highest BCUT2D eigenvalue weighted by Crippen LogP contribution is 2.42. The van der Waals surface area contributed by atoms with Crippen LogP contribution in [0.25, 0.3) is 0 Å². The van der Waals surface area contributed by atoms with Crippen LogP contribution in [0.5, 0.6) is 5.75 Å². The highest BCUT2D eigenvalue weighted by atomic mass is 32.2. The van der Waals surface area contributed by atoms with Gasteiger partial charge in [0.05, 0.1) is 12.5 Å². The minimum Gasteiger partial charge on any atom is -0.496 e. The van der Waals surface area contributed by atoms with Crippen molar-refractivity contribution in [2.45, 2.75) is 40.7 Å². The molecule has 2 heterocycles. The second-order valence-electron chi connectivity index (χ2n) is 8.29. The third-order valence-corrected chi connectivity index (χ3v) is 7.95. The summed E-state index contributed by atoms with van der Waals surface area (Å²) in [7, 11) is 1.66. The molecule has 0 bridgehead atoms. The first-order chi connectivity index (χ1) is 15.2. The number of rotatable bonds is 7. The van der Waals surface area contributed by atoms with Gasteiger partial charge in [0.1, 0.15) is 5.75 Å². The molecular weight excluding hydrogens is 410 g/mol. The van der Waals surface area contributed by atoms with Crippen LogP contribution in [-0.2, 0) is 19.7 Å². The summed E-state index contributed by atoms with van der Waals surface area (Å²) in [6.45, 7) is 3.21. The molecule has 5 nitrogen and oxygen atoms in total. The number of thioether (sulfide) groups is 1. The average Bonchev–Trinajstić information content (AvgIpc) is 2.84. The number of carbonyl (C=O) groups is 1. The number of para-hydroxylation sites is 1. The van der Waals surface area contributed by atoms with E-state index in [1.54, 1.807) is 7.11 Å². The van der Waals surface area contributed by atoms with E-state index in [1.807, 2.05) is 42.1 Å². The smallest absolute Gasteiger partial charge is 0.231 e. The number of nitrogens with one attached hydrogen (secondary N) is 1. The molecule has 2 aromatic rings. The van der Waals surface area contributed by atoms with Gasteiger partial charge in [0.2, 0.25) is 5.91 Å². The average molecular weight is 442 g/mol. The lowest BCUT2D eigenvalue weighted by Crippen LogP contribution is -2.52. The summed E-state index contributed by atoms with van der Waals surface area (Å²) in [6, 6.07) is 18.3. The van der Waals surface area contributed by atoms with Gasteiger partial charge in [-0.05, 0) is 43.9 Å². The third-order valence-electron chi connectivity index (χ3n) is 6.46. The Hall–Kier alpha value is -2.02. The van der Waals surface area contributed by atoms with Crippen molar-refractivity contribution < 1.29 is 19.0 Å². The van der Waals surface area contributed by atoms with Gasteiger partial charge in [0.15, 0.2) is 0 Å². The summed E-state index contributed by atoms with van der Waals surface area (Å²) in [5.74, 6) is 0.832. The zero-order valence-electron chi connectivity index (χ0n) is 18.1. The molecule has 166 valence electrons. The van der Waals surface area contributed by atoms with E-state index in [0.717, 1.165) is 37.4 Å². The lowest BCUT2D eigenvalue weighted by Gasteiger charge is -2.40. The molecule has 0 aromatic heterocycles. The molecule has 6 heteroatoms. The number of methoxy groups -OCH3 is 1. The lowest BCUT2D eigenvalue weighted by atomic mass is 9.72. The summed E-state index contributed by atoms with van der Waals surface area (Å²) < 4.78 is 16.8. The molecule has 1 amide bonds. The molecule has 2 aromatic carbocycles. The van der Waals surface area contributed by atoms with Crippen LogP contribution in [0.2, 0.25) is 0 Å². The van der Waals surface area contributed by atoms with E-state index in [0.29, 0.717) is 32.6 Å². The molecular formula is C25H31NO4S. The standard InChI is InChI=1S/C25H31NO4S/c1-28-22-10-6-5-9-21(22)25(13-17-30-18-14-25)23(27)26-19-24(11-15-29-16-12-24)31-20-7-3-2-4-8-20/h2-10H,11-19H2,1H3,(H,26,27). The highest BCUT2D eigenvalue weighted by Gasteiger charge is 2.44. The van der Waals surface area contributed by atoms with Crippen LogP contribution in [-0.4, -0.2) is 50.7 Å². The number of hydrogen-bond acceptors (Lipinski definition) is 5. The number of hydrogen-bond donors (Lipinski definition) is 1. The third kappa shape index (κ3) is 4.92. The predicted molar refractivity (Wildman–Crippen MR) is 123 cm³/mol. The van der Waals surface area contributed by atoms with E-state index in [4.69, 9.17) is 14.2 Å². The summed E-state index contributed by atoms with van der Waals surface area (Å²) in [5.41, 5.74) is 0.323. The van der Waals surface area contributed by atoms with Gasteiger partial charge < -0.3 is 19.5 Å². The van der Waals surface area contributed by atoms with Crippen LogP contribution in [0.15, 0.2) is 59.5 Å². The van der Waals surface area contributed by atoms with Gasteiger partial charge in [0.25, 0.3) is 0 Å². The van der Waals surface area contributed by atoms with Crippen molar-refractivity contribution in [3.05, 3.63) is 60.2 Å². The molecule has 2 saturated heterocycles. The van der Waals surface area contributed by atoms with Crippen molar-refractivity contribution in [1.29, 1.82) is 0 Å². The summed E-state index contributed by atoms with van der Waals surface area (Å²) in [5, 5.41) is 3.35. The number of amides is 1. The van der Waals surface area contributed by atoms with Crippen molar-refractivity contribution in [3.63, 3.8) is 0 Å². The Morgan fingerprint density at radius 1 is 0.935 bits per heavy atom. The van der Waals surface area contributed by atoms with Gasteiger partial charge in [-0.2, -0.15) is 0 Å². The zero-order valence-corrected chi connectivity index (χ0v) is 18.9. The Bertz CT molecular complexity index is 861. The maximum atomic E-state index is 13.8. The van der Waals surface area contributed by atoms with Gasteiger partial charge in [-0.15, -0.1) is 11.8 Å². The van der Waals surface area contributed by atoms with Gasteiger partial charge in [-0.3, -0.25) is 4.79 Å². The summed E-state index contributed by atoms with van der Waals surface area (Å²) >= 11 is 1.86. The maximum Gasteiger partial charge on any atom is 0.231 e. The molecule has 0 saturated carbocycles.